The summed E-state index contributed by atoms with van der Waals surface area (Å²) >= 11 is 0. The molecule has 0 unspecified atom stereocenters. The average Bonchev–Trinajstić information content (AvgIpc) is 3.13. The number of hydrogen-bond donors (Lipinski definition) is 2. The van der Waals surface area contributed by atoms with Gasteiger partial charge in [0.25, 0.3) is 5.91 Å². The van der Waals surface area contributed by atoms with Crippen LogP contribution >= 0.6 is 0 Å². The molecule has 1 atom stereocenters. The summed E-state index contributed by atoms with van der Waals surface area (Å²) in [6, 6.07) is 6.79. The Morgan fingerprint density at radius 3 is 2.31 bits per heavy atom. The molecular formula is C22H20BF6NO6. The summed E-state index contributed by atoms with van der Waals surface area (Å²) in [7, 11) is -1.65. The Labute approximate surface area is 201 Å². The van der Waals surface area contributed by atoms with Crippen LogP contribution in [0.15, 0.2) is 48.6 Å². The van der Waals surface area contributed by atoms with Gasteiger partial charge in [-0.15, -0.1) is 26.3 Å². The molecule has 2 N–H and O–H groups in total. The van der Waals surface area contributed by atoms with Crippen LogP contribution in [0.1, 0.15) is 29.8 Å². The molecule has 0 fully saturated rings. The molecule has 36 heavy (non-hydrogen) atoms. The zero-order valence-corrected chi connectivity index (χ0v) is 18.9. The number of carbonyl (C=O) groups excluding carboxylic acids is 1. The van der Waals surface area contributed by atoms with Gasteiger partial charge in [-0.2, -0.15) is 0 Å². The summed E-state index contributed by atoms with van der Waals surface area (Å²) in [5.74, 6) is -2.32. The van der Waals surface area contributed by atoms with Crippen molar-refractivity contribution in [1.29, 1.82) is 0 Å². The summed E-state index contributed by atoms with van der Waals surface area (Å²) in [5.41, 5.74) is -1.20. The maximum Gasteiger partial charge on any atom is 0.573 e. The van der Waals surface area contributed by atoms with Crippen LogP contribution in [0.5, 0.6) is 17.2 Å². The zero-order valence-electron chi connectivity index (χ0n) is 18.9. The maximum absolute atomic E-state index is 13.1. The fraction of sp³-hybridized carbons (Fsp3) is 0.318. The number of alkyl halides is 6. The molecule has 14 heteroatoms. The lowest BCUT2D eigenvalue weighted by Crippen LogP contribution is -2.49. The lowest BCUT2D eigenvalue weighted by molar-refractivity contribution is -0.275. The number of fused-ring (bicyclic) bond motifs is 1. The van der Waals surface area contributed by atoms with Gasteiger partial charge in [-0.3, -0.25) is 4.79 Å². The van der Waals surface area contributed by atoms with Crippen LogP contribution < -0.4 is 25.0 Å². The number of hydrogen-bond acceptors (Lipinski definition) is 6. The first-order valence-electron chi connectivity index (χ1n) is 10.4. The standard InChI is InChI=1S/C22H20BF6NO6/c1-3-10-20(2,30-19(31)13-4-7-15(8-5-13)35-21(24,25)26)12-33-16-9-6-14-11-34-23(32)17(14)18(16)36-22(27,28)29/h3-10,32H,11-12H2,1-2H3,(H,30,31)/b10-3-/t20-/m0/s1. The number of rotatable bonds is 8. The van der Waals surface area contributed by atoms with Crippen molar-refractivity contribution in [3.05, 3.63) is 59.7 Å². The van der Waals surface area contributed by atoms with Gasteiger partial charge in [-0.25, -0.2) is 0 Å². The van der Waals surface area contributed by atoms with Crippen molar-refractivity contribution in [2.75, 3.05) is 6.61 Å². The predicted molar refractivity (Wildman–Crippen MR) is 115 cm³/mol. The lowest BCUT2D eigenvalue weighted by atomic mass is 9.78. The smallest absolute Gasteiger partial charge is 0.487 e. The molecule has 1 aliphatic rings. The van der Waals surface area contributed by atoms with Crippen LogP contribution in [0.25, 0.3) is 0 Å². The quantitative estimate of drug-likeness (QED) is 0.313. The third kappa shape index (κ3) is 7.07. The molecule has 0 spiro atoms. The fourth-order valence-electron chi connectivity index (χ4n) is 3.46. The Bertz CT molecular complexity index is 1120. The predicted octanol–water partition coefficient (Wildman–Crippen LogP) is 3.85. The second kappa shape index (κ2) is 10.3. The minimum Gasteiger partial charge on any atom is -0.487 e. The molecule has 0 bridgehead atoms. The molecule has 2 aromatic carbocycles. The van der Waals surface area contributed by atoms with Gasteiger partial charge in [0.2, 0.25) is 0 Å². The van der Waals surface area contributed by atoms with E-state index < -0.39 is 42.8 Å². The molecular weight excluding hydrogens is 499 g/mol. The number of allylic oxidation sites excluding steroid dienone is 1. The third-order valence-corrected chi connectivity index (χ3v) is 4.92. The highest BCUT2D eigenvalue weighted by atomic mass is 19.4. The van der Waals surface area contributed by atoms with Crippen molar-refractivity contribution in [2.45, 2.75) is 38.7 Å². The van der Waals surface area contributed by atoms with E-state index in [1.807, 2.05) is 0 Å². The summed E-state index contributed by atoms with van der Waals surface area (Å²) in [6.45, 7) is 2.66. The van der Waals surface area contributed by atoms with E-state index in [9.17, 15) is 36.2 Å². The first-order chi connectivity index (χ1) is 16.7. The van der Waals surface area contributed by atoms with E-state index in [0.29, 0.717) is 0 Å². The van der Waals surface area contributed by atoms with E-state index in [-0.39, 0.29) is 35.6 Å². The topological polar surface area (TPSA) is 86.3 Å². The largest absolute Gasteiger partial charge is 0.573 e. The number of halogens is 6. The van der Waals surface area contributed by atoms with Gasteiger partial charge in [-0.05, 0) is 49.7 Å². The number of nitrogens with one attached hydrogen (secondary N) is 1. The summed E-state index contributed by atoms with van der Waals surface area (Å²) in [5, 5.41) is 12.6. The summed E-state index contributed by atoms with van der Waals surface area (Å²) < 4.78 is 94.6. The Balaban J connectivity index is 1.79. The number of carbonyl (C=O) groups is 1. The molecule has 1 heterocycles. The molecule has 0 aliphatic carbocycles. The maximum atomic E-state index is 13.1. The molecule has 0 saturated carbocycles. The Hall–Kier alpha value is -3.39. The van der Waals surface area contributed by atoms with Gasteiger partial charge < -0.3 is 29.2 Å². The van der Waals surface area contributed by atoms with Crippen molar-refractivity contribution in [1.82, 2.24) is 5.32 Å². The van der Waals surface area contributed by atoms with Crippen LogP contribution in [-0.4, -0.2) is 42.9 Å². The highest BCUT2D eigenvalue weighted by molar-refractivity contribution is 6.62. The van der Waals surface area contributed by atoms with E-state index in [2.05, 4.69) is 14.8 Å². The number of ether oxygens (including phenoxy) is 3. The van der Waals surface area contributed by atoms with Crippen LogP contribution in [-0.2, 0) is 11.3 Å². The van der Waals surface area contributed by atoms with Crippen molar-refractivity contribution in [3.63, 3.8) is 0 Å². The number of amides is 1. The minimum atomic E-state index is -5.08. The van der Waals surface area contributed by atoms with Crippen LogP contribution in [0.3, 0.4) is 0 Å². The van der Waals surface area contributed by atoms with Crippen molar-refractivity contribution in [3.8, 4) is 17.2 Å². The zero-order chi connectivity index (χ0) is 26.7. The Morgan fingerprint density at radius 2 is 1.72 bits per heavy atom. The molecule has 2 aromatic rings. The van der Waals surface area contributed by atoms with E-state index >= 15 is 0 Å². The highest BCUT2D eigenvalue weighted by Gasteiger charge is 2.40. The van der Waals surface area contributed by atoms with Gasteiger partial charge in [0.05, 0.1) is 12.1 Å². The monoisotopic (exact) mass is 519 g/mol. The van der Waals surface area contributed by atoms with E-state index in [1.54, 1.807) is 13.0 Å². The normalized spacial score (nSPS) is 15.4. The highest BCUT2D eigenvalue weighted by Crippen LogP contribution is 2.34. The molecule has 1 amide bonds. The fourth-order valence-corrected chi connectivity index (χ4v) is 3.46. The first kappa shape index (κ1) is 27.2. The van der Waals surface area contributed by atoms with Crippen molar-refractivity contribution >= 4 is 18.5 Å². The van der Waals surface area contributed by atoms with Crippen LogP contribution in [0.2, 0.25) is 0 Å². The van der Waals surface area contributed by atoms with E-state index in [0.717, 1.165) is 24.3 Å². The van der Waals surface area contributed by atoms with Crippen LogP contribution in [0.4, 0.5) is 26.3 Å². The summed E-state index contributed by atoms with van der Waals surface area (Å²) in [4.78, 5) is 12.7. The second-order valence-corrected chi connectivity index (χ2v) is 7.91. The van der Waals surface area contributed by atoms with E-state index in [4.69, 9.17) is 9.39 Å². The molecule has 0 saturated heterocycles. The van der Waals surface area contributed by atoms with Gasteiger partial charge in [0, 0.05) is 11.0 Å². The minimum absolute atomic E-state index is 0.000789. The average molecular weight is 519 g/mol. The van der Waals surface area contributed by atoms with E-state index in [1.165, 1.54) is 25.1 Å². The van der Waals surface area contributed by atoms with Gasteiger partial charge in [0.15, 0.2) is 11.5 Å². The molecule has 0 aromatic heterocycles. The van der Waals surface area contributed by atoms with Gasteiger partial charge >= 0.3 is 19.8 Å². The van der Waals surface area contributed by atoms with Gasteiger partial charge in [0.1, 0.15) is 12.4 Å². The number of benzene rings is 2. The molecule has 0 radical (unpaired) electrons. The van der Waals surface area contributed by atoms with Gasteiger partial charge in [-0.1, -0.05) is 18.2 Å². The Kier molecular flexibility index (Phi) is 7.79. The van der Waals surface area contributed by atoms with Crippen LogP contribution in [0, 0.1) is 0 Å². The molecule has 7 nitrogen and oxygen atoms in total. The second-order valence-electron chi connectivity index (χ2n) is 7.91. The first-order valence-corrected chi connectivity index (χ1v) is 10.4. The summed E-state index contributed by atoms with van der Waals surface area (Å²) in [6.07, 6.45) is -6.89. The lowest BCUT2D eigenvalue weighted by Gasteiger charge is -2.28. The molecule has 194 valence electrons. The van der Waals surface area contributed by atoms with Crippen molar-refractivity contribution < 1.29 is 55.0 Å². The molecule has 3 rings (SSSR count). The third-order valence-electron chi connectivity index (χ3n) is 4.92. The SMILES string of the molecule is C/C=C\[C@@](C)(COc1ccc2c(c1OC(F)(F)F)B(O)OC2)NC(=O)c1ccc(OC(F)(F)F)cc1. The Morgan fingerprint density at radius 1 is 1.08 bits per heavy atom. The molecule has 1 aliphatic heterocycles. The van der Waals surface area contributed by atoms with Crippen molar-refractivity contribution in [2.24, 2.45) is 0 Å².